The number of ether oxygens (including phenoxy) is 1. The van der Waals surface area contributed by atoms with Crippen molar-refractivity contribution in [2.24, 2.45) is 5.41 Å². The van der Waals surface area contributed by atoms with Gasteiger partial charge in [-0.3, -0.25) is 14.4 Å². The van der Waals surface area contributed by atoms with Gasteiger partial charge in [0.1, 0.15) is 18.7 Å². The van der Waals surface area contributed by atoms with Crippen LogP contribution in [0.4, 0.5) is 0 Å². The first kappa shape index (κ1) is 17.7. The maximum Gasteiger partial charge on any atom is 0.287 e. The third kappa shape index (κ3) is 3.76. The first-order valence-corrected chi connectivity index (χ1v) is 8.55. The zero-order valence-electron chi connectivity index (χ0n) is 14.8. The van der Waals surface area contributed by atoms with Crippen LogP contribution in [0, 0.1) is 5.41 Å². The van der Waals surface area contributed by atoms with E-state index < -0.39 is 18.0 Å². The average molecular weight is 348 g/mol. The number of nitrogens with zero attached hydrogens (tertiary/aromatic N) is 1. The van der Waals surface area contributed by atoms with Crippen LogP contribution in [0.3, 0.4) is 0 Å². The lowest BCUT2D eigenvalue weighted by Crippen LogP contribution is -2.53. The number of amides is 2. The SMILES string of the molecule is CC(C)(C)CC(NC(=O)c1ccco1)C(=O)N1CCC2OCC(=O)C21. The summed E-state index contributed by atoms with van der Waals surface area (Å²) in [6.45, 7) is 6.54. The van der Waals surface area contributed by atoms with Crippen molar-refractivity contribution in [1.29, 1.82) is 0 Å². The van der Waals surface area contributed by atoms with Crippen molar-refractivity contribution >= 4 is 17.6 Å². The van der Waals surface area contributed by atoms with Crippen molar-refractivity contribution < 1.29 is 23.5 Å². The maximum atomic E-state index is 13.1. The number of hydrogen-bond donors (Lipinski definition) is 1. The molecule has 3 atom stereocenters. The number of carbonyl (C=O) groups is 3. The minimum Gasteiger partial charge on any atom is -0.459 e. The summed E-state index contributed by atoms with van der Waals surface area (Å²) in [6, 6.07) is 1.93. The number of ketones is 1. The number of hydrogen-bond acceptors (Lipinski definition) is 5. The Balaban J connectivity index is 1.77. The summed E-state index contributed by atoms with van der Waals surface area (Å²) < 4.78 is 10.6. The Morgan fingerprint density at radius 3 is 2.80 bits per heavy atom. The molecule has 0 bridgehead atoms. The molecule has 7 nitrogen and oxygen atoms in total. The smallest absolute Gasteiger partial charge is 0.287 e. The van der Waals surface area contributed by atoms with Crippen molar-refractivity contribution in [2.45, 2.75) is 51.8 Å². The van der Waals surface area contributed by atoms with E-state index in [1.54, 1.807) is 17.0 Å². The molecule has 3 rings (SSSR count). The minimum absolute atomic E-state index is 0.0573. The molecule has 136 valence electrons. The van der Waals surface area contributed by atoms with Crippen LogP contribution in [0.2, 0.25) is 0 Å². The van der Waals surface area contributed by atoms with E-state index in [2.05, 4.69) is 5.32 Å². The van der Waals surface area contributed by atoms with Crippen LogP contribution in [-0.2, 0) is 14.3 Å². The molecule has 3 unspecified atom stereocenters. The molecule has 0 aromatic carbocycles. The molecule has 1 N–H and O–H groups in total. The second-order valence-corrected chi connectivity index (χ2v) is 7.85. The summed E-state index contributed by atoms with van der Waals surface area (Å²) in [5.41, 5.74) is -0.175. The molecule has 0 aliphatic carbocycles. The van der Waals surface area contributed by atoms with Gasteiger partial charge in [-0.05, 0) is 30.4 Å². The summed E-state index contributed by atoms with van der Waals surface area (Å²) in [5, 5.41) is 2.77. The largest absolute Gasteiger partial charge is 0.459 e. The first-order chi connectivity index (χ1) is 11.8. The molecule has 0 saturated carbocycles. The Bertz CT molecular complexity index is 662. The predicted octanol–water partition coefficient (Wildman–Crippen LogP) is 1.38. The van der Waals surface area contributed by atoms with Crippen LogP contribution >= 0.6 is 0 Å². The van der Waals surface area contributed by atoms with Gasteiger partial charge < -0.3 is 19.4 Å². The van der Waals surface area contributed by atoms with Gasteiger partial charge in [0.15, 0.2) is 11.5 Å². The maximum absolute atomic E-state index is 13.1. The van der Waals surface area contributed by atoms with E-state index in [1.165, 1.54) is 6.26 Å². The standard InChI is InChI=1S/C18H24N2O5/c1-18(2,3)9-11(19-16(22)14-5-4-8-24-14)17(23)20-7-6-13-15(20)12(21)10-25-13/h4-5,8,11,13,15H,6-7,9-10H2,1-3H3,(H,19,22). The lowest BCUT2D eigenvalue weighted by atomic mass is 9.87. The monoisotopic (exact) mass is 348 g/mol. The van der Waals surface area contributed by atoms with Crippen molar-refractivity contribution in [3.63, 3.8) is 0 Å². The highest BCUT2D eigenvalue weighted by Gasteiger charge is 2.48. The Labute approximate surface area is 146 Å². The van der Waals surface area contributed by atoms with Gasteiger partial charge in [0.2, 0.25) is 5.91 Å². The van der Waals surface area contributed by atoms with E-state index in [9.17, 15) is 14.4 Å². The molecule has 2 saturated heterocycles. The highest BCUT2D eigenvalue weighted by Crippen LogP contribution is 2.29. The fourth-order valence-corrected chi connectivity index (χ4v) is 3.49. The van der Waals surface area contributed by atoms with Crippen LogP contribution in [0.5, 0.6) is 0 Å². The summed E-state index contributed by atoms with van der Waals surface area (Å²) in [6.07, 6.45) is 2.31. The topological polar surface area (TPSA) is 88.8 Å². The quantitative estimate of drug-likeness (QED) is 0.888. The van der Waals surface area contributed by atoms with E-state index in [1.807, 2.05) is 20.8 Å². The zero-order chi connectivity index (χ0) is 18.2. The Kier molecular flexibility index (Phi) is 4.69. The van der Waals surface area contributed by atoms with E-state index in [4.69, 9.17) is 9.15 Å². The summed E-state index contributed by atoms with van der Waals surface area (Å²) >= 11 is 0. The number of fused-ring (bicyclic) bond motifs is 1. The predicted molar refractivity (Wildman–Crippen MR) is 88.9 cm³/mol. The number of rotatable bonds is 4. The van der Waals surface area contributed by atoms with E-state index in [0.29, 0.717) is 19.4 Å². The van der Waals surface area contributed by atoms with Crippen molar-refractivity contribution in [2.75, 3.05) is 13.2 Å². The Hall–Kier alpha value is -2.15. The van der Waals surface area contributed by atoms with Crippen molar-refractivity contribution in [3.8, 4) is 0 Å². The van der Waals surface area contributed by atoms with Crippen LogP contribution in [0.25, 0.3) is 0 Å². The lowest BCUT2D eigenvalue weighted by Gasteiger charge is -2.31. The van der Waals surface area contributed by atoms with Gasteiger partial charge in [0.25, 0.3) is 5.91 Å². The van der Waals surface area contributed by atoms with Crippen LogP contribution in [-0.4, -0.2) is 53.8 Å². The molecule has 1 aromatic heterocycles. The summed E-state index contributed by atoms with van der Waals surface area (Å²) in [7, 11) is 0. The Morgan fingerprint density at radius 2 is 2.16 bits per heavy atom. The summed E-state index contributed by atoms with van der Waals surface area (Å²) in [5.74, 6) is -0.576. The van der Waals surface area contributed by atoms with Gasteiger partial charge in [-0.25, -0.2) is 0 Å². The van der Waals surface area contributed by atoms with Crippen LogP contribution < -0.4 is 5.32 Å². The molecule has 0 radical (unpaired) electrons. The molecule has 2 aliphatic rings. The van der Waals surface area contributed by atoms with Gasteiger partial charge in [-0.15, -0.1) is 0 Å². The number of likely N-dealkylation sites (tertiary alicyclic amines) is 1. The van der Waals surface area contributed by atoms with Gasteiger partial charge >= 0.3 is 0 Å². The number of carbonyl (C=O) groups excluding carboxylic acids is 3. The number of furan rings is 1. The molecule has 2 fully saturated rings. The van der Waals surface area contributed by atoms with Gasteiger partial charge in [-0.2, -0.15) is 0 Å². The second kappa shape index (κ2) is 6.63. The number of Topliss-reactive ketones (excluding diaryl/α,β-unsaturated/α-hetero) is 1. The third-order valence-corrected chi connectivity index (χ3v) is 4.56. The zero-order valence-corrected chi connectivity index (χ0v) is 14.8. The minimum atomic E-state index is -0.718. The summed E-state index contributed by atoms with van der Waals surface area (Å²) in [4.78, 5) is 39.1. The molecular formula is C18H24N2O5. The van der Waals surface area contributed by atoms with Gasteiger partial charge in [0, 0.05) is 6.54 Å². The van der Waals surface area contributed by atoms with Gasteiger partial charge in [0.05, 0.1) is 12.4 Å². The molecule has 1 aromatic rings. The fraction of sp³-hybridized carbons (Fsp3) is 0.611. The van der Waals surface area contributed by atoms with Crippen molar-refractivity contribution in [1.82, 2.24) is 10.2 Å². The number of nitrogens with one attached hydrogen (secondary N) is 1. The van der Waals surface area contributed by atoms with E-state index in [0.717, 1.165) is 0 Å². The molecule has 0 spiro atoms. The van der Waals surface area contributed by atoms with E-state index >= 15 is 0 Å². The first-order valence-electron chi connectivity index (χ1n) is 8.55. The molecule has 2 aliphatic heterocycles. The molecular weight excluding hydrogens is 324 g/mol. The molecule has 2 amide bonds. The van der Waals surface area contributed by atoms with Gasteiger partial charge in [-0.1, -0.05) is 20.8 Å². The second-order valence-electron chi connectivity index (χ2n) is 7.85. The lowest BCUT2D eigenvalue weighted by molar-refractivity contribution is -0.138. The highest BCUT2D eigenvalue weighted by molar-refractivity contribution is 5.98. The molecule has 25 heavy (non-hydrogen) atoms. The Morgan fingerprint density at radius 1 is 1.40 bits per heavy atom. The van der Waals surface area contributed by atoms with Crippen molar-refractivity contribution in [3.05, 3.63) is 24.2 Å². The fourth-order valence-electron chi connectivity index (χ4n) is 3.49. The molecule has 3 heterocycles. The van der Waals surface area contributed by atoms with Crippen LogP contribution in [0.1, 0.15) is 44.2 Å². The average Bonchev–Trinajstić information content (AvgIpc) is 3.23. The molecule has 7 heteroatoms. The normalized spacial score (nSPS) is 24.3. The third-order valence-electron chi connectivity index (χ3n) is 4.56. The van der Waals surface area contributed by atoms with E-state index in [-0.39, 0.29) is 35.6 Å². The van der Waals surface area contributed by atoms with Crippen LogP contribution in [0.15, 0.2) is 22.8 Å². The highest BCUT2D eigenvalue weighted by atomic mass is 16.5.